The van der Waals surface area contributed by atoms with Gasteiger partial charge in [0, 0.05) is 23.0 Å². The Balaban J connectivity index is 1.87. The van der Waals surface area contributed by atoms with E-state index >= 15 is 0 Å². The molecule has 0 unspecified atom stereocenters. The molecule has 0 atom stereocenters. The Morgan fingerprint density at radius 3 is 2.56 bits per heavy atom. The number of nitrogens with zero attached hydrogens (tertiary/aromatic N) is 5. The Kier molecular flexibility index (Phi) is 6.44. The van der Waals surface area contributed by atoms with E-state index in [0.29, 0.717) is 33.4 Å². The van der Waals surface area contributed by atoms with Gasteiger partial charge in [-0.25, -0.2) is 0 Å². The smallest absolute Gasteiger partial charge is 0.237 e. The highest BCUT2D eigenvalue weighted by Gasteiger charge is 2.19. The second-order valence-electron chi connectivity index (χ2n) is 6.92. The highest BCUT2D eigenvalue weighted by atomic mass is 35.5. The van der Waals surface area contributed by atoms with Gasteiger partial charge in [0.2, 0.25) is 5.89 Å². The van der Waals surface area contributed by atoms with E-state index in [-0.39, 0.29) is 5.92 Å². The summed E-state index contributed by atoms with van der Waals surface area (Å²) in [6.45, 7) is 9.13. The van der Waals surface area contributed by atoms with E-state index in [0.717, 1.165) is 23.1 Å². The molecule has 2 aromatic heterocycles. The first-order chi connectivity index (χ1) is 12.8. The minimum Gasteiger partial charge on any atom is -0.338 e. The maximum atomic E-state index is 6.38. The molecular formula is C18H21Cl2N5OS. The predicted molar refractivity (Wildman–Crippen MR) is 108 cm³/mol. The second-order valence-corrected chi connectivity index (χ2v) is 8.71. The molecule has 6 nitrogen and oxygen atoms in total. The van der Waals surface area contributed by atoms with Gasteiger partial charge in [0.1, 0.15) is 0 Å². The van der Waals surface area contributed by atoms with Crippen molar-refractivity contribution in [3.63, 3.8) is 0 Å². The third-order valence-electron chi connectivity index (χ3n) is 3.76. The summed E-state index contributed by atoms with van der Waals surface area (Å²) in [5, 5.41) is 14.7. The summed E-state index contributed by atoms with van der Waals surface area (Å²) in [6.07, 6.45) is 0. The van der Waals surface area contributed by atoms with E-state index in [2.05, 4.69) is 38.8 Å². The number of thioether (sulfide) groups is 1. The summed E-state index contributed by atoms with van der Waals surface area (Å²) in [4.78, 5) is 4.41. The van der Waals surface area contributed by atoms with Gasteiger partial charge >= 0.3 is 0 Å². The number of hydrogen-bond donors (Lipinski definition) is 0. The highest BCUT2D eigenvalue weighted by molar-refractivity contribution is 7.98. The van der Waals surface area contributed by atoms with Crippen molar-refractivity contribution in [1.29, 1.82) is 0 Å². The molecule has 0 aliphatic heterocycles. The molecule has 0 saturated carbocycles. The molecular weight excluding hydrogens is 405 g/mol. The van der Waals surface area contributed by atoms with E-state index < -0.39 is 0 Å². The van der Waals surface area contributed by atoms with Crippen LogP contribution in [0.5, 0.6) is 0 Å². The molecule has 0 N–H and O–H groups in total. The Morgan fingerprint density at radius 2 is 1.93 bits per heavy atom. The maximum Gasteiger partial charge on any atom is 0.237 e. The van der Waals surface area contributed by atoms with Crippen molar-refractivity contribution in [2.75, 3.05) is 0 Å². The van der Waals surface area contributed by atoms with Crippen molar-refractivity contribution in [1.82, 2.24) is 24.9 Å². The van der Waals surface area contributed by atoms with Crippen LogP contribution in [0.3, 0.4) is 0 Å². The van der Waals surface area contributed by atoms with E-state index in [4.69, 9.17) is 27.7 Å². The van der Waals surface area contributed by atoms with Crippen LogP contribution in [0.15, 0.2) is 27.9 Å². The van der Waals surface area contributed by atoms with Gasteiger partial charge in [0.05, 0.1) is 10.8 Å². The zero-order chi connectivity index (χ0) is 19.6. The summed E-state index contributed by atoms with van der Waals surface area (Å²) >= 11 is 13.9. The van der Waals surface area contributed by atoms with E-state index in [1.807, 2.05) is 19.9 Å². The lowest BCUT2D eigenvalue weighted by atomic mass is 10.2. The lowest BCUT2D eigenvalue weighted by molar-refractivity contribution is 0.382. The zero-order valence-electron chi connectivity index (χ0n) is 15.6. The van der Waals surface area contributed by atoms with Crippen molar-refractivity contribution in [2.24, 2.45) is 5.92 Å². The summed E-state index contributed by atoms with van der Waals surface area (Å²) in [5.74, 6) is 3.19. The average Bonchev–Trinajstić information content (AvgIpc) is 3.20. The summed E-state index contributed by atoms with van der Waals surface area (Å²) in [5.41, 5.74) is 0.806. The topological polar surface area (TPSA) is 69.6 Å². The van der Waals surface area contributed by atoms with E-state index in [1.165, 1.54) is 11.8 Å². The molecule has 0 saturated heterocycles. The Bertz CT molecular complexity index is 922. The Morgan fingerprint density at radius 1 is 1.15 bits per heavy atom. The summed E-state index contributed by atoms with van der Waals surface area (Å²) < 4.78 is 7.39. The monoisotopic (exact) mass is 425 g/mol. The first kappa shape index (κ1) is 20.2. The van der Waals surface area contributed by atoms with Gasteiger partial charge < -0.3 is 9.09 Å². The second kappa shape index (κ2) is 8.63. The van der Waals surface area contributed by atoms with Gasteiger partial charge in [-0.2, -0.15) is 4.98 Å². The van der Waals surface area contributed by atoms with Gasteiger partial charge in [0.25, 0.3) is 0 Å². The van der Waals surface area contributed by atoms with Crippen LogP contribution < -0.4 is 0 Å². The Labute approximate surface area is 172 Å². The third-order valence-corrected chi connectivity index (χ3v) is 5.26. The predicted octanol–water partition coefficient (Wildman–Crippen LogP) is 5.71. The van der Waals surface area contributed by atoms with Crippen LogP contribution in [0.2, 0.25) is 10.0 Å². The van der Waals surface area contributed by atoms with Crippen molar-refractivity contribution < 1.29 is 4.52 Å². The first-order valence-corrected chi connectivity index (χ1v) is 10.4. The van der Waals surface area contributed by atoms with Crippen LogP contribution in [0, 0.1) is 5.92 Å². The van der Waals surface area contributed by atoms with Crippen LogP contribution >= 0.6 is 35.0 Å². The van der Waals surface area contributed by atoms with Gasteiger partial charge in [-0.3, -0.25) is 0 Å². The largest absolute Gasteiger partial charge is 0.338 e. The quantitative estimate of drug-likeness (QED) is 0.451. The minimum atomic E-state index is 0.232. The number of benzene rings is 1. The lowest BCUT2D eigenvalue weighted by Gasteiger charge is -2.13. The fourth-order valence-corrected chi connectivity index (χ4v) is 3.76. The van der Waals surface area contributed by atoms with Crippen LogP contribution in [-0.2, 0) is 12.3 Å². The zero-order valence-corrected chi connectivity index (χ0v) is 17.9. The lowest BCUT2D eigenvalue weighted by Crippen LogP contribution is -2.08. The highest BCUT2D eigenvalue weighted by Crippen LogP contribution is 2.32. The standard InChI is InChI=1S/C18H21Cl2N5OS/c1-10(2)8-25-17(13-6-5-12(19)7-14(13)20)22-23-18(25)27-9-15-21-16(11(3)4)24-26-15/h5-7,10-11H,8-9H2,1-4H3. The van der Waals surface area contributed by atoms with Crippen LogP contribution in [-0.4, -0.2) is 24.9 Å². The van der Waals surface area contributed by atoms with Gasteiger partial charge in [-0.15, -0.1) is 10.2 Å². The summed E-state index contributed by atoms with van der Waals surface area (Å²) in [6, 6.07) is 5.38. The van der Waals surface area contributed by atoms with Crippen LogP contribution in [0.4, 0.5) is 0 Å². The number of hydrogen-bond acceptors (Lipinski definition) is 6. The van der Waals surface area contributed by atoms with Crippen molar-refractivity contribution >= 4 is 35.0 Å². The maximum absolute atomic E-state index is 6.38. The van der Waals surface area contributed by atoms with Gasteiger partial charge in [0.15, 0.2) is 16.8 Å². The third kappa shape index (κ3) is 4.83. The minimum absolute atomic E-state index is 0.232. The molecule has 9 heteroatoms. The molecule has 27 heavy (non-hydrogen) atoms. The fourth-order valence-electron chi connectivity index (χ4n) is 2.48. The molecule has 0 spiro atoms. The van der Waals surface area contributed by atoms with Crippen molar-refractivity contribution in [3.05, 3.63) is 40.0 Å². The number of halogens is 2. The van der Waals surface area contributed by atoms with Gasteiger partial charge in [-0.1, -0.05) is 67.8 Å². The van der Waals surface area contributed by atoms with Crippen LogP contribution in [0.1, 0.15) is 45.3 Å². The molecule has 0 aliphatic rings. The van der Waals surface area contributed by atoms with Crippen molar-refractivity contribution in [3.8, 4) is 11.4 Å². The molecule has 3 aromatic rings. The Hall–Kier alpha value is -1.57. The van der Waals surface area contributed by atoms with E-state index in [9.17, 15) is 0 Å². The normalized spacial score (nSPS) is 11.7. The average molecular weight is 426 g/mol. The molecule has 1 aromatic carbocycles. The molecule has 2 heterocycles. The van der Waals surface area contributed by atoms with E-state index in [1.54, 1.807) is 12.1 Å². The van der Waals surface area contributed by atoms with Crippen LogP contribution in [0.25, 0.3) is 11.4 Å². The number of aromatic nitrogens is 5. The number of rotatable bonds is 7. The molecule has 3 rings (SSSR count). The fraction of sp³-hybridized carbons (Fsp3) is 0.444. The molecule has 0 fully saturated rings. The van der Waals surface area contributed by atoms with Crippen molar-refractivity contribution in [2.45, 2.75) is 51.1 Å². The first-order valence-electron chi connectivity index (χ1n) is 8.69. The van der Waals surface area contributed by atoms with Gasteiger partial charge in [-0.05, 0) is 24.1 Å². The summed E-state index contributed by atoms with van der Waals surface area (Å²) in [7, 11) is 0. The molecule has 0 bridgehead atoms. The molecule has 0 aliphatic carbocycles. The SMILES string of the molecule is CC(C)Cn1c(SCc2nc(C(C)C)no2)nnc1-c1ccc(Cl)cc1Cl. The molecule has 0 radical (unpaired) electrons. The molecule has 0 amide bonds. The molecule has 144 valence electrons.